The van der Waals surface area contributed by atoms with Gasteiger partial charge < -0.3 is 15.0 Å². The predicted molar refractivity (Wildman–Crippen MR) is 83.8 cm³/mol. The zero-order chi connectivity index (χ0) is 14.7. The van der Waals surface area contributed by atoms with Gasteiger partial charge in [0.2, 0.25) is 0 Å². The highest BCUT2D eigenvalue weighted by molar-refractivity contribution is 9.11. The number of carbonyl (C=O) groups excluding carboxylic acids is 1. The van der Waals surface area contributed by atoms with E-state index in [1.54, 1.807) is 12.3 Å². The van der Waals surface area contributed by atoms with Gasteiger partial charge in [-0.3, -0.25) is 0 Å². The first kappa shape index (κ1) is 15.1. The van der Waals surface area contributed by atoms with Crippen LogP contribution in [-0.4, -0.2) is 23.0 Å². The fraction of sp³-hybridized carbons (Fsp3) is 0.231. The normalized spacial score (nSPS) is 10.4. The first-order valence-electron chi connectivity index (χ1n) is 5.83. The molecular formula is C13H13Br2N3O2. The Morgan fingerprint density at radius 1 is 1.45 bits per heavy atom. The predicted octanol–water partition coefficient (Wildman–Crippen LogP) is 3.64. The zero-order valence-corrected chi connectivity index (χ0v) is 14.1. The van der Waals surface area contributed by atoms with Crippen molar-refractivity contribution in [2.24, 2.45) is 0 Å². The third kappa shape index (κ3) is 3.40. The van der Waals surface area contributed by atoms with Crippen LogP contribution < -0.4 is 5.32 Å². The molecule has 0 atom stereocenters. The second kappa shape index (κ2) is 6.41. The average molecular weight is 403 g/mol. The Hall–Kier alpha value is -1.34. The summed E-state index contributed by atoms with van der Waals surface area (Å²) in [6, 6.07) is 3.59. The van der Waals surface area contributed by atoms with Gasteiger partial charge in [0, 0.05) is 8.95 Å². The number of aromatic nitrogens is 2. The Balaban J connectivity index is 2.27. The summed E-state index contributed by atoms with van der Waals surface area (Å²) in [5.41, 5.74) is 2.09. The number of methoxy groups -OCH3 is 1. The van der Waals surface area contributed by atoms with Crippen molar-refractivity contribution in [2.75, 3.05) is 12.4 Å². The van der Waals surface area contributed by atoms with Crippen LogP contribution in [0.1, 0.15) is 21.9 Å². The SMILES string of the molecule is COC(=O)c1cc(Br)cc(Br)c1NCc1cnc(C)[nH]1. The Morgan fingerprint density at radius 3 is 2.80 bits per heavy atom. The van der Waals surface area contributed by atoms with E-state index < -0.39 is 5.97 Å². The van der Waals surface area contributed by atoms with Crippen LogP contribution in [-0.2, 0) is 11.3 Å². The number of nitrogens with zero attached hydrogens (tertiary/aromatic N) is 1. The molecule has 0 saturated heterocycles. The van der Waals surface area contributed by atoms with E-state index in [4.69, 9.17) is 4.74 Å². The Bertz CT molecular complexity index is 641. The van der Waals surface area contributed by atoms with Gasteiger partial charge in [-0.1, -0.05) is 15.9 Å². The summed E-state index contributed by atoms with van der Waals surface area (Å²) in [6.45, 7) is 2.42. The summed E-state index contributed by atoms with van der Waals surface area (Å²) in [6.07, 6.45) is 1.76. The maximum Gasteiger partial charge on any atom is 0.340 e. The molecule has 5 nitrogen and oxygen atoms in total. The van der Waals surface area contributed by atoms with Crippen LogP contribution in [0.3, 0.4) is 0 Å². The molecule has 1 heterocycles. The minimum Gasteiger partial charge on any atom is -0.465 e. The van der Waals surface area contributed by atoms with Gasteiger partial charge in [0.15, 0.2) is 0 Å². The molecule has 106 valence electrons. The summed E-state index contributed by atoms with van der Waals surface area (Å²) >= 11 is 6.81. The quantitative estimate of drug-likeness (QED) is 0.766. The van der Waals surface area contributed by atoms with Crippen molar-refractivity contribution in [3.8, 4) is 0 Å². The van der Waals surface area contributed by atoms with Crippen molar-refractivity contribution < 1.29 is 9.53 Å². The standard InChI is InChI=1S/C13H13Br2N3O2/c1-7-16-5-9(18-7)6-17-12-10(13(19)20-2)3-8(14)4-11(12)15/h3-5,17H,6H2,1-2H3,(H,16,18). The molecule has 0 unspecified atom stereocenters. The molecule has 1 aromatic carbocycles. The second-order valence-electron chi connectivity index (χ2n) is 4.15. The maximum absolute atomic E-state index is 11.8. The van der Waals surface area contributed by atoms with Crippen LogP contribution >= 0.6 is 31.9 Å². The summed E-state index contributed by atoms with van der Waals surface area (Å²) < 4.78 is 6.38. The topological polar surface area (TPSA) is 67.0 Å². The van der Waals surface area contributed by atoms with Gasteiger partial charge in [0.1, 0.15) is 5.82 Å². The fourth-order valence-electron chi connectivity index (χ4n) is 1.77. The van der Waals surface area contributed by atoms with Gasteiger partial charge >= 0.3 is 5.97 Å². The van der Waals surface area contributed by atoms with Crippen LogP contribution in [0.2, 0.25) is 0 Å². The lowest BCUT2D eigenvalue weighted by molar-refractivity contribution is 0.0601. The second-order valence-corrected chi connectivity index (χ2v) is 5.92. The molecule has 7 heteroatoms. The van der Waals surface area contributed by atoms with Crippen molar-refractivity contribution in [3.63, 3.8) is 0 Å². The molecule has 0 bridgehead atoms. The molecule has 0 fully saturated rings. The molecule has 0 aliphatic heterocycles. The molecule has 0 radical (unpaired) electrons. The lowest BCUT2D eigenvalue weighted by Crippen LogP contribution is -2.09. The molecule has 0 amide bonds. The number of hydrogen-bond acceptors (Lipinski definition) is 4. The minimum atomic E-state index is -0.393. The number of anilines is 1. The number of H-pyrrole nitrogens is 1. The molecule has 1 aromatic heterocycles. The summed E-state index contributed by atoms with van der Waals surface area (Å²) in [7, 11) is 1.36. The van der Waals surface area contributed by atoms with E-state index in [0.29, 0.717) is 17.8 Å². The van der Waals surface area contributed by atoms with E-state index in [-0.39, 0.29) is 0 Å². The number of hydrogen-bond donors (Lipinski definition) is 2. The number of aryl methyl sites for hydroxylation is 1. The summed E-state index contributed by atoms with van der Waals surface area (Å²) in [5, 5.41) is 3.21. The van der Waals surface area contributed by atoms with Gasteiger partial charge in [-0.25, -0.2) is 9.78 Å². The highest BCUT2D eigenvalue weighted by Gasteiger charge is 2.16. The first-order chi connectivity index (χ1) is 9.51. The molecule has 20 heavy (non-hydrogen) atoms. The van der Waals surface area contributed by atoms with Crippen molar-refractivity contribution in [3.05, 3.63) is 44.4 Å². The Kier molecular flexibility index (Phi) is 4.82. The molecule has 0 saturated carbocycles. The van der Waals surface area contributed by atoms with Crippen molar-refractivity contribution in [1.82, 2.24) is 9.97 Å². The highest BCUT2D eigenvalue weighted by Crippen LogP contribution is 2.31. The smallest absolute Gasteiger partial charge is 0.340 e. The van der Waals surface area contributed by atoms with Crippen LogP contribution in [0.5, 0.6) is 0 Å². The van der Waals surface area contributed by atoms with Gasteiger partial charge in [-0.05, 0) is 35.0 Å². The van der Waals surface area contributed by atoms with Gasteiger partial charge in [-0.15, -0.1) is 0 Å². The first-order valence-corrected chi connectivity index (χ1v) is 7.41. The molecule has 2 N–H and O–H groups in total. The molecule has 0 spiro atoms. The number of nitrogens with one attached hydrogen (secondary N) is 2. The van der Waals surface area contributed by atoms with Gasteiger partial charge in [0.25, 0.3) is 0 Å². The van der Waals surface area contributed by atoms with E-state index in [0.717, 1.165) is 20.5 Å². The number of carbonyl (C=O) groups is 1. The van der Waals surface area contributed by atoms with E-state index in [9.17, 15) is 4.79 Å². The van der Waals surface area contributed by atoms with Gasteiger partial charge in [0.05, 0.1) is 36.8 Å². The van der Waals surface area contributed by atoms with Crippen molar-refractivity contribution >= 4 is 43.5 Å². The molecule has 0 aliphatic rings. The Morgan fingerprint density at radius 2 is 2.20 bits per heavy atom. The number of benzene rings is 1. The molecule has 2 aromatic rings. The van der Waals surface area contributed by atoms with E-state index >= 15 is 0 Å². The maximum atomic E-state index is 11.8. The van der Waals surface area contributed by atoms with E-state index in [2.05, 4.69) is 47.1 Å². The largest absolute Gasteiger partial charge is 0.465 e. The third-order valence-corrected chi connectivity index (χ3v) is 3.75. The number of aromatic amines is 1. The fourth-order valence-corrected chi connectivity index (χ4v) is 3.13. The highest BCUT2D eigenvalue weighted by atomic mass is 79.9. The van der Waals surface area contributed by atoms with E-state index in [1.807, 2.05) is 13.0 Å². The van der Waals surface area contributed by atoms with Crippen LogP contribution in [0.15, 0.2) is 27.3 Å². The number of rotatable bonds is 4. The van der Waals surface area contributed by atoms with Gasteiger partial charge in [-0.2, -0.15) is 0 Å². The number of imidazole rings is 1. The van der Waals surface area contributed by atoms with Crippen LogP contribution in [0, 0.1) is 6.92 Å². The van der Waals surface area contributed by atoms with Crippen molar-refractivity contribution in [1.29, 1.82) is 0 Å². The summed E-state index contributed by atoms with van der Waals surface area (Å²) in [5.74, 6) is 0.458. The van der Waals surface area contributed by atoms with E-state index in [1.165, 1.54) is 7.11 Å². The summed E-state index contributed by atoms with van der Waals surface area (Å²) in [4.78, 5) is 19.1. The minimum absolute atomic E-state index is 0.393. The lowest BCUT2D eigenvalue weighted by Gasteiger charge is -2.13. The molecule has 0 aliphatic carbocycles. The van der Waals surface area contributed by atoms with Crippen LogP contribution in [0.25, 0.3) is 0 Å². The molecule has 2 rings (SSSR count). The number of esters is 1. The number of halogens is 2. The monoisotopic (exact) mass is 401 g/mol. The average Bonchev–Trinajstić information content (AvgIpc) is 2.81. The lowest BCUT2D eigenvalue weighted by atomic mass is 10.1. The van der Waals surface area contributed by atoms with Crippen molar-refractivity contribution in [2.45, 2.75) is 13.5 Å². The Labute approximate surface area is 133 Å². The van der Waals surface area contributed by atoms with Crippen LogP contribution in [0.4, 0.5) is 5.69 Å². The molecular weight excluding hydrogens is 390 g/mol. The third-order valence-electron chi connectivity index (χ3n) is 2.67. The zero-order valence-electron chi connectivity index (χ0n) is 11.0. The number of ether oxygens (including phenoxy) is 1.